The number of halogens is 1. The van der Waals surface area contributed by atoms with E-state index in [0.29, 0.717) is 5.95 Å². The van der Waals surface area contributed by atoms with E-state index in [1.54, 1.807) is 18.1 Å². The SMILES string of the molecule is COc1ccc(C2C=Nn3cnnc3N2c2ccccc2)cc1Br. The van der Waals surface area contributed by atoms with Crippen molar-refractivity contribution in [3.05, 3.63) is 64.9 Å². The van der Waals surface area contributed by atoms with Crippen LogP contribution in [0.15, 0.2) is 64.4 Å². The molecule has 0 amide bonds. The first-order chi connectivity index (χ1) is 11.8. The number of benzene rings is 2. The van der Waals surface area contributed by atoms with Gasteiger partial charge in [-0.25, -0.2) is 0 Å². The maximum absolute atomic E-state index is 5.32. The van der Waals surface area contributed by atoms with E-state index in [9.17, 15) is 0 Å². The molecule has 2 heterocycles. The highest BCUT2D eigenvalue weighted by Gasteiger charge is 2.28. The highest BCUT2D eigenvalue weighted by molar-refractivity contribution is 9.10. The second kappa shape index (κ2) is 6.09. The average molecular weight is 384 g/mol. The van der Waals surface area contributed by atoms with E-state index in [2.05, 4.69) is 36.1 Å². The monoisotopic (exact) mass is 383 g/mol. The number of para-hydroxylation sites is 1. The van der Waals surface area contributed by atoms with E-state index in [-0.39, 0.29) is 6.04 Å². The Morgan fingerprint density at radius 3 is 2.71 bits per heavy atom. The van der Waals surface area contributed by atoms with Crippen LogP contribution in [0.3, 0.4) is 0 Å². The van der Waals surface area contributed by atoms with Gasteiger partial charge >= 0.3 is 0 Å². The summed E-state index contributed by atoms with van der Waals surface area (Å²) < 4.78 is 7.89. The van der Waals surface area contributed by atoms with Crippen LogP contribution in [0.5, 0.6) is 5.75 Å². The van der Waals surface area contributed by atoms with Gasteiger partial charge in [-0.05, 0) is 45.8 Å². The Bertz CT molecular complexity index is 893. The summed E-state index contributed by atoms with van der Waals surface area (Å²) >= 11 is 3.55. The minimum atomic E-state index is -0.0914. The zero-order valence-electron chi connectivity index (χ0n) is 12.9. The summed E-state index contributed by atoms with van der Waals surface area (Å²) in [6.45, 7) is 0. The van der Waals surface area contributed by atoms with Crippen molar-refractivity contribution >= 4 is 33.8 Å². The van der Waals surface area contributed by atoms with Gasteiger partial charge in [-0.15, -0.1) is 10.2 Å². The molecule has 6 nitrogen and oxygen atoms in total. The number of hydrogen-bond donors (Lipinski definition) is 0. The van der Waals surface area contributed by atoms with Crippen molar-refractivity contribution in [2.24, 2.45) is 5.10 Å². The molecule has 1 aliphatic rings. The Kier molecular flexibility index (Phi) is 3.78. The molecule has 1 aromatic heterocycles. The van der Waals surface area contributed by atoms with Crippen LogP contribution in [0, 0.1) is 0 Å². The van der Waals surface area contributed by atoms with Crippen molar-refractivity contribution < 1.29 is 4.74 Å². The van der Waals surface area contributed by atoms with E-state index < -0.39 is 0 Å². The van der Waals surface area contributed by atoms with Crippen molar-refractivity contribution in [1.82, 2.24) is 14.9 Å². The predicted molar refractivity (Wildman–Crippen MR) is 95.9 cm³/mol. The molecule has 0 spiro atoms. The number of fused-ring (bicyclic) bond motifs is 1. The number of anilines is 2. The predicted octanol–water partition coefficient (Wildman–Crippen LogP) is 3.78. The summed E-state index contributed by atoms with van der Waals surface area (Å²) in [6, 6.07) is 16.0. The normalized spacial score (nSPS) is 16.1. The largest absolute Gasteiger partial charge is 0.496 e. The molecule has 1 aliphatic heterocycles. The van der Waals surface area contributed by atoms with E-state index in [1.807, 2.05) is 54.7 Å². The molecule has 0 N–H and O–H groups in total. The van der Waals surface area contributed by atoms with Gasteiger partial charge in [-0.2, -0.15) is 9.78 Å². The Morgan fingerprint density at radius 1 is 1.12 bits per heavy atom. The second-order valence-electron chi connectivity index (χ2n) is 5.28. The third kappa shape index (κ3) is 2.46. The van der Waals surface area contributed by atoms with Crippen LogP contribution >= 0.6 is 15.9 Å². The first-order valence-corrected chi connectivity index (χ1v) is 8.19. The van der Waals surface area contributed by atoms with E-state index in [4.69, 9.17) is 4.74 Å². The standard InChI is InChI=1S/C17H14BrN5O/c1-24-16-8-7-12(9-14(16)18)15-10-20-22-11-19-21-17(22)23(15)13-5-3-2-4-6-13/h2-11,15H,1H3. The van der Waals surface area contributed by atoms with Gasteiger partial charge in [0.15, 0.2) is 0 Å². The zero-order chi connectivity index (χ0) is 16.5. The number of aromatic nitrogens is 3. The smallest absolute Gasteiger partial charge is 0.253 e. The Morgan fingerprint density at radius 2 is 1.96 bits per heavy atom. The fourth-order valence-corrected chi connectivity index (χ4v) is 3.31. The fraction of sp³-hybridized carbons (Fsp3) is 0.118. The highest BCUT2D eigenvalue weighted by atomic mass is 79.9. The molecule has 0 saturated carbocycles. The first-order valence-electron chi connectivity index (χ1n) is 7.40. The van der Waals surface area contributed by atoms with Crippen molar-refractivity contribution in [1.29, 1.82) is 0 Å². The fourth-order valence-electron chi connectivity index (χ4n) is 2.76. The number of hydrogen-bond acceptors (Lipinski definition) is 5. The van der Waals surface area contributed by atoms with Crippen LogP contribution < -0.4 is 9.64 Å². The van der Waals surface area contributed by atoms with Crippen molar-refractivity contribution in [3.63, 3.8) is 0 Å². The number of nitrogens with zero attached hydrogens (tertiary/aromatic N) is 5. The topological polar surface area (TPSA) is 55.5 Å². The summed E-state index contributed by atoms with van der Waals surface area (Å²) in [5, 5.41) is 12.7. The van der Waals surface area contributed by atoms with Crippen molar-refractivity contribution in [2.45, 2.75) is 6.04 Å². The van der Waals surface area contributed by atoms with E-state index in [0.717, 1.165) is 21.5 Å². The molecule has 0 radical (unpaired) electrons. The Hall–Kier alpha value is -2.67. The summed E-state index contributed by atoms with van der Waals surface area (Å²) in [7, 11) is 1.65. The van der Waals surface area contributed by atoms with E-state index in [1.165, 1.54) is 0 Å². The van der Waals surface area contributed by atoms with Crippen molar-refractivity contribution in [3.8, 4) is 5.75 Å². The third-order valence-electron chi connectivity index (χ3n) is 3.89. The summed E-state index contributed by atoms with van der Waals surface area (Å²) in [5.74, 6) is 1.47. The molecular formula is C17H14BrN5O. The lowest BCUT2D eigenvalue weighted by Crippen LogP contribution is -2.30. The molecular weight excluding hydrogens is 370 g/mol. The van der Waals surface area contributed by atoms with Crippen molar-refractivity contribution in [2.75, 3.05) is 12.0 Å². The second-order valence-corrected chi connectivity index (χ2v) is 6.14. The van der Waals surface area contributed by atoms with Crippen LogP contribution in [0.1, 0.15) is 11.6 Å². The molecule has 1 unspecified atom stereocenters. The molecule has 0 bridgehead atoms. The molecule has 2 aromatic carbocycles. The number of ether oxygens (including phenoxy) is 1. The summed E-state index contributed by atoms with van der Waals surface area (Å²) in [6.07, 6.45) is 3.49. The van der Waals surface area contributed by atoms with Crippen LogP contribution in [0.2, 0.25) is 0 Å². The average Bonchev–Trinajstić information content (AvgIpc) is 3.10. The summed E-state index contributed by atoms with van der Waals surface area (Å²) in [4.78, 5) is 2.11. The maximum Gasteiger partial charge on any atom is 0.253 e. The highest BCUT2D eigenvalue weighted by Crippen LogP contribution is 2.37. The van der Waals surface area contributed by atoms with Gasteiger partial charge in [0.1, 0.15) is 12.1 Å². The van der Waals surface area contributed by atoms with Crippen LogP contribution in [-0.2, 0) is 0 Å². The molecule has 120 valence electrons. The molecule has 0 saturated heterocycles. The molecule has 0 fully saturated rings. The lowest BCUT2D eigenvalue weighted by atomic mass is 10.0. The van der Waals surface area contributed by atoms with Gasteiger partial charge < -0.3 is 4.74 Å². The van der Waals surface area contributed by atoms with Gasteiger partial charge in [0, 0.05) is 5.69 Å². The van der Waals surface area contributed by atoms with Crippen LogP contribution in [0.4, 0.5) is 11.6 Å². The van der Waals surface area contributed by atoms with E-state index >= 15 is 0 Å². The molecule has 4 rings (SSSR count). The lowest BCUT2D eigenvalue weighted by Gasteiger charge is -2.32. The minimum Gasteiger partial charge on any atom is -0.496 e. The van der Waals surface area contributed by atoms with Gasteiger partial charge in [0.2, 0.25) is 0 Å². The minimum absolute atomic E-state index is 0.0914. The molecule has 7 heteroatoms. The Labute approximate surface area is 147 Å². The van der Waals surface area contributed by atoms with Gasteiger partial charge in [-0.1, -0.05) is 24.3 Å². The molecule has 3 aromatic rings. The quantitative estimate of drug-likeness (QED) is 0.690. The lowest BCUT2D eigenvalue weighted by molar-refractivity contribution is 0.412. The van der Waals surface area contributed by atoms with Gasteiger partial charge in [0.05, 0.1) is 23.8 Å². The number of rotatable bonds is 3. The molecule has 24 heavy (non-hydrogen) atoms. The Balaban J connectivity index is 1.83. The summed E-state index contributed by atoms with van der Waals surface area (Å²) in [5.41, 5.74) is 2.10. The zero-order valence-corrected chi connectivity index (χ0v) is 14.5. The van der Waals surface area contributed by atoms with Crippen LogP contribution in [0.25, 0.3) is 0 Å². The number of methoxy groups -OCH3 is 1. The van der Waals surface area contributed by atoms with Gasteiger partial charge in [-0.3, -0.25) is 4.90 Å². The molecule has 1 atom stereocenters. The van der Waals surface area contributed by atoms with Crippen LogP contribution in [-0.4, -0.2) is 28.2 Å². The third-order valence-corrected chi connectivity index (χ3v) is 4.51. The van der Waals surface area contributed by atoms with Gasteiger partial charge in [0.25, 0.3) is 5.95 Å². The molecule has 0 aliphatic carbocycles. The maximum atomic E-state index is 5.32. The first kappa shape index (κ1) is 14.9.